The van der Waals surface area contributed by atoms with Crippen LogP contribution in [0.4, 0.5) is 0 Å². The summed E-state index contributed by atoms with van der Waals surface area (Å²) < 4.78 is 4.00. The molecule has 2 fully saturated rings. The molecule has 1 spiro atoms. The van der Waals surface area contributed by atoms with Crippen LogP contribution in [-0.4, -0.2) is 49.5 Å². The van der Waals surface area contributed by atoms with Gasteiger partial charge in [0.05, 0.1) is 29.1 Å². The van der Waals surface area contributed by atoms with Crippen molar-refractivity contribution in [2.75, 3.05) is 14.1 Å². The molecule has 0 amide bonds. The fourth-order valence-electron chi connectivity index (χ4n) is 2.82. The van der Waals surface area contributed by atoms with Gasteiger partial charge in [-0.1, -0.05) is 18.2 Å². The van der Waals surface area contributed by atoms with Crippen molar-refractivity contribution in [1.29, 1.82) is 0 Å². The van der Waals surface area contributed by atoms with Gasteiger partial charge in [0.1, 0.15) is 0 Å². The summed E-state index contributed by atoms with van der Waals surface area (Å²) in [7, 11) is 3.61. The number of nitrogens with zero attached hydrogens (tertiary/aromatic N) is 4. The van der Waals surface area contributed by atoms with Crippen LogP contribution in [0.5, 0.6) is 0 Å². The van der Waals surface area contributed by atoms with Gasteiger partial charge in [-0.05, 0) is 21.5 Å². The van der Waals surface area contributed by atoms with E-state index in [1.54, 1.807) is 37.6 Å². The molecule has 1 unspecified atom stereocenters. The fraction of sp³-hybridized carbons (Fsp3) is 0.286. The van der Waals surface area contributed by atoms with E-state index in [0.717, 1.165) is 21.8 Å². The van der Waals surface area contributed by atoms with Gasteiger partial charge in [-0.2, -0.15) is 0 Å². The summed E-state index contributed by atoms with van der Waals surface area (Å²) >= 11 is 3.38. The molecule has 1 aromatic carbocycles. The third kappa shape index (κ3) is 1.70. The SMILES string of the molecule is CN=C1N[N+]2=C(C)C(c3ccccc3)=[N+]3NC(=NC)SC23S1. The Morgan fingerprint density at radius 1 is 0.955 bits per heavy atom. The van der Waals surface area contributed by atoms with Gasteiger partial charge in [-0.25, -0.2) is 0 Å². The van der Waals surface area contributed by atoms with Crippen LogP contribution in [0.15, 0.2) is 40.3 Å². The lowest BCUT2D eigenvalue weighted by Gasteiger charge is -2.01. The summed E-state index contributed by atoms with van der Waals surface area (Å²) in [5, 5.41) is 1.81. The molecule has 2 saturated heterocycles. The van der Waals surface area contributed by atoms with Crippen molar-refractivity contribution in [2.24, 2.45) is 9.98 Å². The van der Waals surface area contributed by atoms with Crippen LogP contribution in [0.3, 0.4) is 0 Å². The van der Waals surface area contributed by atoms with E-state index in [9.17, 15) is 0 Å². The van der Waals surface area contributed by atoms with Crippen LogP contribution in [-0.2, 0) is 0 Å². The van der Waals surface area contributed by atoms with Crippen LogP contribution in [0.1, 0.15) is 12.5 Å². The van der Waals surface area contributed by atoms with Crippen LogP contribution in [0, 0.1) is 0 Å². The monoisotopic (exact) mass is 332 g/mol. The molecule has 4 rings (SSSR count). The number of thioether (sulfide) groups is 2. The van der Waals surface area contributed by atoms with E-state index >= 15 is 0 Å². The summed E-state index contributed by atoms with van der Waals surface area (Å²) in [5.74, 6) is 0. The van der Waals surface area contributed by atoms with Crippen LogP contribution in [0.25, 0.3) is 0 Å². The molecule has 0 radical (unpaired) electrons. The topological polar surface area (TPSA) is 54.8 Å². The second-order valence-electron chi connectivity index (χ2n) is 5.00. The molecule has 112 valence electrons. The van der Waals surface area contributed by atoms with Crippen LogP contribution < -0.4 is 10.9 Å². The summed E-state index contributed by atoms with van der Waals surface area (Å²) in [6.45, 7) is 2.12. The third-order valence-electron chi connectivity index (χ3n) is 3.79. The first-order valence-electron chi connectivity index (χ1n) is 6.91. The molecule has 0 aromatic heterocycles. The minimum atomic E-state index is -0.348. The zero-order valence-corrected chi connectivity index (χ0v) is 14.1. The Kier molecular flexibility index (Phi) is 3.05. The zero-order chi connectivity index (χ0) is 15.3. The molecule has 3 aliphatic rings. The van der Waals surface area contributed by atoms with E-state index in [-0.39, 0.29) is 4.33 Å². The largest absolute Gasteiger partial charge is 0.519 e. The maximum absolute atomic E-state index is 4.33. The predicted molar refractivity (Wildman–Crippen MR) is 92.7 cm³/mol. The highest BCUT2D eigenvalue weighted by Crippen LogP contribution is 2.48. The van der Waals surface area contributed by atoms with Crippen molar-refractivity contribution >= 4 is 45.3 Å². The zero-order valence-electron chi connectivity index (χ0n) is 12.5. The third-order valence-corrected chi connectivity index (χ3v) is 6.49. The van der Waals surface area contributed by atoms with Crippen molar-refractivity contribution < 1.29 is 9.37 Å². The van der Waals surface area contributed by atoms with Gasteiger partial charge in [0.25, 0.3) is 5.71 Å². The normalized spacial score (nSPS) is 30.0. The average Bonchev–Trinajstić information content (AvgIpc) is 3.15. The van der Waals surface area contributed by atoms with Gasteiger partial charge in [-0.3, -0.25) is 9.98 Å². The van der Waals surface area contributed by atoms with E-state index < -0.39 is 0 Å². The molecule has 0 saturated carbocycles. The number of hydrogen-bond acceptors (Lipinski definition) is 4. The molecule has 0 aliphatic carbocycles. The van der Waals surface area contributed by atoms with E-state index in [4.69, 9.17) is 0 Å². The molecule has 2 N–H and O–H groups in total. The molecule has 0 bridgehead atoms. The summed E-state index contributed by atoms with van der Waals surface area (Å²) in [6.07, 6.45) is 0. The number of amidine groups is 2. The predicted octanol–water partition coefficient (Wildman–Crippen LogP) is 1.06. The van der Waals surface area contributed by atoms with Gasteiger partial charge in [0.15, 0.2) is 0 Å². The highest BCUT2D eigenvalue weighted by Gasteiger charge is 2.74. The minimum Gasteiger partial charge on any atom is -0.261 e. The van der Waals surface area contributed by atoms with Crippen molar-refractivity contribution in [3.05, 3.63) is 35.9 Å². The number of nitrogens with one attached hydrogen (secondary N) is 2. The molecule has 1 aromatic rings. The lowest BCUT2D eigenvalue weighted by molar-refractivity contribution is -0.779. The van der Waals surface area contributed by atoms with E-state index in [1.165, 1.54) is 5.56 Å². The van der Waals surface area contributed by atoms with Crippen molar-refractivity contribution in [3.8, 4) is 0 Å². The summed E-state index contributed by atoms with van der Waals surface area (Å²) in [6, 6.07) is 10.4. The molecule has 8 heteroatoms. The van der Waals surface area contributed by atoms with Crippen molar-refractivity contribution in [3.63, 3.8) is 0 Å². The smallest absolute Gasteiger partial charge is 0.261 e. The lowest BCUT2D eigenvalue weighted by Crippen LogP contribution is -2.42. The van der Waals surface area contributed by atoms with E-state index in [2.05, 4.69) is 61.4 Å². The molecule has 6 nitrogen and oxygen atoms in total. The first-order chi connectivity index (χ1) is 10.7. The second kappa shape index (κ2) is 4.85. The number of aliphatic imine (C=N–C) groups is 2. The number of rotatable bonds is 1. The number of hydrogen-bond donors (Lipinski definition) is 2. The number of benzene rings is 1. The molecule has 1 atom stereocenters. The first kappa shape index (κ1) is 13.8. The molecule has 3 aliphatic heterocycles. The van der Waals surface area contributed by atoms with E-state index in [1.807, 2.05) is 6.07 Å². The van der Waals surface area contributed by atoms with Crippen molar-refractivity contribution in [1.82, 2.24) is 10.9 Å². The second-order valence-corrected chi connectivity index (χ2v) is 7.58. The maximum atomic E-state index is 4.33. The highest BCUT2D eigenvalue weighted by molar-refractivity contribution is 8.30. The van der Waals surface area contributed by atoms with Crippen molar-refractivity contribution in [2.45, 2.75) is 11.3 Å². The fourth-order valence-corrected chi connectivity index (χ4v) is 5.42. The Morgan fingerprint density at radius 2 is 1.55 bits per heavy atom. The summed E-state index contributed by atoms with van der Waals surface area (Å²) in [5.41, 5.74) is 10.3. The Morgan fingerprint density at radius 3 is 2.14 bits per heavy atom. The van der Waals surface area contributed by atoms with Crippen LogP contribution >= 0.6 is 23.5 Å². The number of hydrazone groups is 2. The van der Waals surface area contributed by atoms with Gasteiger partial charge < -0.3 is 0 Å². The van der Waals surface area contributed by atoms with Crippen LogP contribution in [0.2, 0.25) is 0 Å². The average molecular weight is 332 g/mol. The Bertz CT molecular complexity index is 776. The quantitative estimate of drug-likeness (QED) is 0.755. The standard InChI is InChI=1S/C14H15N6S2/c1-9-11(10-7-5-4-6-8-10)20-14(22-13(16-3)18-20)19(9)17-12(15-2)21-14/h4-8H,1-3H3,(H,16,18)/q+1/p+1. The first-order valence-corrected chi connectivity index (χ1v) is 8.54. The van der Waals surface area contributed by atoms with Gasteiger partial charge in [0.2, 0.25) is 10.3 Å². The van der Waals surface area contributed by atoms with Gasteiger partial charge in [0, 0.05) is 21.0 Å². The highest BCUT2D eigenvalue weighted by atomic mass is 32.2. The molecule has 22 heavy (non-hydrogen) atoms. The molecule has 3 heterocycles. The Balaban J connectivity index is 1.94. The maximum Gasteiger partial charge on any atom is 0.519 e. The minimum absolute atomic E-state index is 0.348. The summed E-state index contributed by atoms with van der Waals surface area (Å²) in [4.78, 5) is 8.63. The molecular weight excluding hydrogens is 316 g/mol. The number of hydrazine groups is 2. The molecular formula is C14H16N6S2+2. The van der Waals surface area contributed by atoms with Gasteiger partial charge in [-0.15, -0.1) is 10.9 Å². The Labute approximate surface area is 137 Å². The van der Waals surface area contributed by atoms with Gasteiger partial charge >= 0.3 is 10.0 Å². The Hall–Kier alpha value is -1.80. The van der Waals surface area contributed by atoms with E-state index in [0.29, 0.717) is 0 Å². The lowest BCUT2D eigenvalue weighted by atomic mass is 10.1.